The highest BCUT2D eigenvalue weighted by atomic mass is 15.2. The molecule has 2 fully saturated rings. The first kappa shape index (κ1) is 7.90. The van der Waals surface area contributed by atoms with Gasteiger partial charge in [0.05, 0.1) is 0 Å². The largest absolute Gasteiger partial charge is 0.375 e. The number of nitrogens with zero attached hydrogens (tertiary/aromatic N) is 1. The summed E-state index contributed by atoms with van der Waals surface area (Å²) in [7, 11) is 0. The summed E-state index contributed by atoms with van der Waals surface area (Å²) in [6.45, 7) is 7.52. The lowest BCUT2D eigenvalue weighted by molar-refractivity contribution is 0.256. The number of piperidine rings is 1. The van der Waals surface area contributed by atoms with Crippen LogP contribution >= 0.6 is 0 Å². The summed E-state index contributed by atoms with van der Waals surface area (Å²) in [6, 6.07) is 0. The molecular weight excluding hydrogens is 158 g/mol. The van der Waals surface area contributed by atoms with Crippen molar-refractivity contribution in [2.24, 2.45) is 17.8 Å². The molecule has 0 radical (unpaired) electrons. The predicted molar refractivity (Wildman–Crippen MR) is 54.3 cm³/mol. The van der Waals surface area contributed by atoms with Gasteiger partial charge < -0.3 is 4.90 Å². The van der Waals surface area contributed by atoms with Gasteiger partial charge >= 0.3 is 0 Å². The van der Waals surface area contributed by atoms with Gasteiger partial charge in [0.25, 0.3) is 0 Å². The lowest BCUT2D eigenvalue weighted by Gasteiger charge is -2.36. The molecular formula is C12H19N. The SMILES string of the molecule is CC1=C2CCCCN2CC2C(C)C12. The van der Waals surface area contributed by atoms with Crippen LogP contribution in [0.3, 0.4) is 0 Å². The Labute approximate surface area is 80.8 Å². The van der Waals surface area contributed by atoms with E-state index in [2.05, 4.69) is 18.7 Å². The number of hydrogen-bond acceptors (Lipinski definition) is 1. The minimum atomic E-state index is 0.976. The molecule has 3 unspecified atom stereocenters. The lowest BCUT2D eigenvalue weighted by Crippen LogP contribution is -2.33. The molecule has 2 aliphatic heterocycles. The van der Waals surface area contributed by atoms with Crippen LogP contribution in [0.5, 0.6) is 0 Å². The van der Waals surface area contributed by atoms with Crippen LogP contribution in [0.25, 0.3) is 0 Å². The second kappa shape index (κ2) is 2.52. The Bertz CT molecular complexity index is 266. The van der Waals surface area contributed by atoms with Gasteiger partial charge in [-0.3, -0.25) is 0 Å². The van der Waals surface area contributed by atoms with Crippen LogP contribution in [0.4, 0.5) is 0 Å². The topological polar surface area (TPSA) is 3.24 Å². The molecule has 1 aliphatic carbocycles. The Kier molecular flexibility index (Phi) is 1.53. The van der Waals surface area contributed by atoms with Crippen molar-refractivity contribution in [2.45, 2.75) is 33.1 Å². The minimum Gasteiger partial charge on any atom is -0.375 e. The number of allylic oxidation sites excluding steroid dienone is 2. The van der Waals surface area contributed by atoms with Gasteiger partial charge in [-0.05, 0) is 43.9 Å². The summed E-state index contributed by atoms with van der Waals surface area (Å²) in [5.74, 6) is 2.98. The molecule has 0 N–H and O–H groups in total. The second-order valence-corrected chi connectivity index (χ2v) is 5.08. The molecule has 0 bridgehead atoms. The zero-order valence-corrected chi connectivity index (χ0v) is 8.71. The van der Waals surface area contributed by atoms with Crippen LogP contribution in [-0.2, 0) is 0 Å². The van der Waals surface area contributed by atoms with E-state index in [-0.39, 0.29) is 0 Å². The van der Waals surface area contributed by atoms with Gasteiger partial charge in [0.15, 0.2) is 0 Å². The van der Waals surface area contributed by atoms with Crippen molar-refractivity contribution in [1.29, 1.82) is 0 Å². The van der Waals surface area contributed by atoms with E-state index < -0.39 is 0 Å². The zero-order chi connectivity index (χ0) is 9.00. The number of rotatable bonds is 0. The van der Waals surface area contributed by atoms with E-state index in [1.165, 1.54) is 32.4 Å². The minimum absolute atomic E-state index is 0.976. The quantitative estimate of drug-likeness (QED) is 0.550. The van der Waals surface area contributed by atoms with Crippen LogP contribution in [0.15, 0.2) is 11.3 Å². The Hall–Kier alpha value is -0.460. The molecule has 0 aromatic carbocycles. The molecule has 3 atom stereocenters. The Balaban J connectivity index is 1.93. The fourth-order valence-electron chi connectivity index (χ4n) is 3.52. The molecule has 0 aromatic heterocycles. The van der Waals surface area contributed by atoms with E-state index in [0.29, 0.717) is 0 Å². The van der Waals surface area contributed by atoms with E-state index in [1.54, 1.807) is 11.3 Å². The number of fused-ring (bicyclic) bond motifs is 2. The maximum Gasteiger partial charge on any atom is 0.0211 e. The van der Waals surface area contributed by atoms with E-state index in [4.69, 9.17) is 0 Å². The summed E-state index contributed by atoms with van der Waals surface area (Å²) in [5.41, 5.74) is 3.46. The third kappa shape index (κ3) is 0.992. The summed E-state index contributed by atoms with van der Waals surface area (Å²) < 4.78 is 0. The average molecular weight is 177 g/mol. The molecule has 0 spiro atoms. The van der Waals surface area contributed by atoms with Gasteiger partial charge in [0.2, 0.25) is 0 Å². The van der Waals surface area contributed by atoms with Crippen LogP contribution in [0.2, 0.25) is 0 Å². The molecule has 1 nitrogen and oxygen atoms in total. The molecule has 0 aromatic rings. The summed E-state index contributed by atoms with van der Waals surface area (Å²) >= 11 is 0. The molecule has 1 heteroatoms. The summed E-state index contributed by atoms with van der Waals surface area (Å²) in [4.78, 5) is 2.67. The Morgan fingerprint density at radius 2 is 2.15 bits per heavy atom. The molecule has 72 valence electrons. The third-order valence-electron chi connectivity index (χ3n) is 4.42. The first-order valence-electron chi connectivity index (χ1n) is 5.73. The first-order chi connectivity index (χ1) is 6.29. The van der Waals surface area contributed by atoms with Gasteiger partial charge in [0.1, 0.15) is 0 Å². The van der Waals surface area contributed by atoms with Crippen LogP contribution in [0, 0.1) is 17.8 Å². The normalized spacial score (nSPS) is 42.9. The maximum absolute atomic E-state index is 2.67. The van der Waals surface area contributed by atoms with Crippen molar-refractivity contribution in [3.8, 4) is 0 Å². The van der Waals surface area contributed by atoms with Crippen molar-refractivity contribution in [3.63, 3.8) is 0 Å². The highest BCUT2D eigenvalue weighted by Gasteiger charge is 2.51. The maximum atomic E-state index is 2.67. The molecule has 13 heavy (non-hydrogen) atoms. The number of hydrogen-bond donors (Lipinski definition) is 0. The van der Waals surface area contributed by atoms with Crippen LogP contribution in [0.1, 0.15) is 33.1 Å². The third-order valence-corrected chi connectivity index (χ3v) is 4.42. The van der Waals surface area contributed by atoms with Crippen molar-refractivity contribution >= 4 is 0 Å². The van der Waals surface area contributed by atoms with Crippen molar-refractivity contribution in [3.05, 3.63) is 11.3 Å². The Morgan fingerprint density at radius 3 is 3.00 bits per heavy atom. The van der Waals surface area contributed by atoms with Gasteiger partial charge in [-0.1, -0.05) is 12.5 Å². The van der Waals surface area contributed by atoms with Gasteiger partial charge in [-0.2, -0.15) is 0 Å². The van der Waals surface area contributed by atoms with E-state index in [9.17, 15) is 0 Å². The fourth-order valence-corrected chi connectivity index (χ4v) is 3.52. The summed E-state index contributed by atoms with van der Waals surface area (Å²) in [5, 5.41) is 0. The van der Waals surface area contributed by atoms with E-state index >= 15 is 0 Å². The van der Waals surface area contributed by atoms with Crippen molar-refractivity contribution in [1.82, 2.24) is 4.90 Å². The van der Waals surface area contributed by atoms with E-state index in [1.807, 2.05) is 0 Å². The fraction of sp³-hybridized carbons (Fsp3) is 0.833. The first-order valence-corrected chi connectivity index (χ1v) is 5.73. The van der Waals surface area contributed by atoms with Crippen LogP contribution in [-0.4, -0.2) is 18.0 Å². The molecule has 0 amide bonds. The Morgan fingerprint density at radius 1 is 1.31 bits per heavy atom. The van der Waals surface area contributed by atoms with Gasteiger partial charge in [0, 0.05) is 18.8 Å². The predicted octanol–water partition coefficient (Wildman–Crippen LogP) is 2.64. The molecule has 2 heterocycles. The van der Waals surface area contributed by atoms with Crippen LogP contribution < -0.4 is 0 Å². The smallest absolute Gasteiger partial charge is 0.0211 e. The molecule has 1 saturated heterocycles. The molecule has 3 rings (SSSR count). The lowest BCUT2D eigenvalue weighted by atomic mass is 9.96. The molecule has 3 aliphatic rings. The highest BCUT2D eigenvalue weighted by molar-refractivity contribution is 5.28. The average Bonchev–Trinajstić information content (AvgIpc) is 2.78. The van der Waals surface area contributed by atoms with E-state index in [0.717, 1.165) is 17.8 Å². The monoisotopic (exact) mass is 177 g/mol. The second-order valence-electron chi connectivity index (χ2n) is 5.08. The standard InChI is InChI=1S/C12H19N/c1-8-10-7-13-6-4-3-5-11(13)9(2)12(8)10/h8,10,12H,3-7H2,1-2H3. The van der Waals surface area contributed by atoms with Gasteiger partial charge in [-0.15, -0.1) is 0 Å². The van der Waals surface area contributed by atoms with Gasteiger partial charge in [-0.25, -0.2) is 0 Å². The molecule has 1 saturated carbocycles. The zero-order valence-electron chi connectivity index (χ0n) is 8.71. The van der Waals surface area contributed by atoms with Crippen molar-refractivity contribution in [2.75, 3.05) is 13.1 Å². The van der Waals surface area contributed by atoms with Crippen molar-refractivity contribution < 1.29 is 0 Å². The highest BCUT2D eigenvalue weighted by Crippen LogP contribution is 2.55. The summed E-state index contributed by atoms with van der Waals surface area (Å²) in [6.07, 6.45) is 4.21.